The number of hydrogen-bond donors (Lipinski definition) is 1. The Balaban J connectivity index is 4.39. The first-order chi connectivity index (χ1) is 7.04. The molecule has 1 atom stereocenters. The van der Waals surface area contributed by atoms with Crippen LogP contribution in [0, 0.1) is 0 Å². The average Bonchev–Trinajstić information content (AvgIpc) is 2.22. The summed E-state index contributed by atoms with van der Waals surface area (Å²) in [7, 11) is 0. The molecule has 0 aliphatic rings. The first-order valence-corrected chi connectivity index (χ1v) is 5.25. The third-order valence-corrected chi connectivity index (χ3v) is 2.15. The molecule has 0 aliphatic carbocycles. The van der Waals surface area contributed by atoms with Crippen LogP contribution in [0.3, 0.4) is 0 Å². The normalized spacial score (nSPS) is 14.7. The fraction of sp³-hybridized carbons (Fsp3) is 0.727. The van der Waals surface area contributed by atoms with E-state index in [1.165, 1.54) is 6.92 Å². The molecule has 0 heterocycles. The van der Waals surface area contributed by atoms with Gasteiger partial charge in [-0.25, -0.2) is 9.18 Å². The lowest BCUT2D eigenvalue weighted by Crippen LogP contribution is -2.16. The molecule has 3 nitrogen and oxygen atoms in total. The Hall–Kier alpha value is -0.900. The standard InChI is InChI=1S/C11H19FO3/c1-4-6-7-15-9(5-2)10(12)8(3)11(13)14/h9H,4-7H2,1-3H3,(H,13,14). The first kappa shape index (κ1) is 14.1. The minimum Gasteiger partial charge on any atom is -0.478 e. The number of unbranched alkanes of at least 4 members (excludes halogenated alkanes) is 1. The number of hydrogen-bond acceptors (Lipinski definition) is 2. The molecule has 0 amide bonds. The van der Waals surface area contributed by atoms with Crippen LogP contribution in [0.15, 0.2) is 11.4 Å². The molecule has 0 aliphatic heterocycles. The summed E-state index contributed by atoms with van der Waals surface area (Å²) in [6.07, 6.45) is 1.56. The van der Waals surface area contributed by atoms with Crippen molar-refractivity contribution in [2.24, 2.45) is 0 Å². The van der Waals surface area contributed by atoms with E-state index >= 15 is 0 Å². The first-order valence-electron chi connectivity index (χ1n) is 5.25. The third kappa shape index (κ3) is 4.93. The van der Waals surface area contributed by atoms with Crippen LogP contribution in [0.25, 0.3) is 0 Å². The number of carboxylic acid groups (broad SMARTS) is 1. The number of carboxylic acids is 1. The lowest BCUT2D eigenvalue weighted by molar-refractivity contribution is -0.132. The van der Waals surface area contributed by atoms with Gasteiger partial charge in [0.15, 0.2) is 0 Å². The van der Waals surface area contributed by atoms with Crippen LogP contribution < -0.4 is 0 Å². The Kier molecular flexibility index (Phi) is 6.96. The molecule has 0 rings (SSSR count). The van der Waals surface area contributed by atoms with Gasteiger partial charge in [-0.15, -0.1) is 0 Å². The topological polar surface area (TPSA) is 46.5 Å². The molecular weight excluding hydrogens is 199 g/mol. The Morgan fingerprint density at radius 2 is 2.07 bits per heavy atom. The highest BCUT2D eigenvalue weighted by Crippen LogP contribution is 2.17. The van der Waals surface area contributed by atoms with Crippen molar-refractivity contribution in [3.8, 4) is 0 Å². The number of ether oxygens (including phenoxy) is 1. The summed E-state index contributed by atoms with van der Waals surface area (Å²) in [5.74, 6) is -1.90. The van der Waals surface area contributed by atoms with Crippen LogP contribution in [0.5, 0.6) is 0 Å². The summed E-state index contributed by atoms with van der Waals surface area (Å²) in [5, 5.41) is 8.61. The molecule has 0 spiro atoms. The maximum atomic E-state index is 13.5. The highest BCUT2D eigenvalue weighted by atomic mass is 19.1. The lowest BCUT2D eigenvalue weighted by Gasteiger charge is -2.15. The van der Waals surface area contributed by atoms with Gasteiger partial charge in [0.1, 0.15) is 11.9 Å². The van der Waals surface area contributed by atoms with E-state index < -0.39 is 17.9 Å². The summed E-state index contributed by atoms with van der Waals surface area (Å²) < 4.78 is 18.8. The SMILES string of the molecule is CCCCOC(CC)C(F)=C(C)C(=O)O. The minimum absolute atomic E-state index is 0.265. The molecule has 1 N–H and O–H groups in total. The summed E-state index contributed by atoms with van der Waals surface area (Å²) in [4.78, 5) is 10.5. The van der Waals surface area contributed by atoms with Gasteiger partial charge in [0.05, 0.1) is 5.57 Å². The van der Waals surface area contributed by atoms with Gasteiger partial charge in [0.2, 0.25) is 0 Å². The highest BCUT2D eigenvalue weighted by molar-refractivity contribution is 5.86. The van der Waals surface area contributed by atoms with Gasteiger partial charge < -0.3 is 9.84 Å². The van der Waals surface area contributed by atoms with E-state index in [4.69, 9.17) is 9.84 Å². The van der Waals surface area contributed by atoms with E-state index in [2.05, 4.69) is 0 Å². The van der Waals surface area contributed by atoms with Crippen molar-refractivity contribution in [1.82, 2.24) is 0 Å². The zero-order valence-corrected chi connectivity index (χ0v) is 9.55. The van der Waals surface area contributed by atoms with Gasteiger partial charge in [-0.1, -0.05) is 20.3 Å². The Morgan fingerprint density at radius 3 is 2.47 bits per heavy atom. The van der Waals surface area contributed by atoms with Crippen LogP contribution in [-0.2, 0) is 9.53 Å². The van der Waals surface area contributed by atoms with Crippen molar-refractivity contribution in [2.45, 2.75) is 46.1 Å². The van der Waals surface area contributed by atoms with Crippen molar-refractivity contribution < 1.29 is 19.0 Å². The van der Waals surface area contributed by atoms with E-state index in [-0.39, 0.29) is 5.57 Å². The van der Waals surface area contributed by atoms with Crippen LogP contribution in [0.2, 0.25) is 0 Å². The van der Waals surface area contributed by atoms with E-state index in [9.17, 15) is 9.18 Å². The Labute approximate surface area is 89.9 Å². The molecule has 0 saturated carbocycles. The van der Waals surface area contributed by atoms with E-state index in [1.807, 2.05) is 6.92 Å². The molecule has 4 heteroatoms. The summed E-state index contributed by atoms with van der Waals surface area (Å²) in [6.45, 7) is 5.50. The molecule has 0 radical (unpaired) electrons. The molecule has 88 valence electrons. The van der Waals surface area contributed by atoms with Crippen LogP contribution in [0.4, 0.5) is 4.39 Å². The van der Waals surface area contributed by atoms with Crippen molar-refractivity contribution in [2.75, 3.05) is 6.61 Å². The van der Waals surface area contributed by atoms with Gasteiger partial charge in [-0.3, -0.25) is 0 Å². The molecule has 0 aromatic carbocycles. The van der Waals surface area contributed by atoms with Crippen LogP contribution in [-0.4, -0.2) is 23.8 Å². The Morgan fingerprint density at radius 1 is 1.47 bits per heavy atom. The summed E-state index contributed by atoms with van der Waals surface area (Å²) in [6, 6.07) is 0. The number of rotatable bonds is 7. The molecule has 0 saturated heterocycles. The molecule has 0 aromatic heterocycles. The van der Waals surface area contributed by atoms with E-state index in [0.29, 0.717) is 13.0 Å². The maximum Gasteiger partial charge on any atom is 0.334 e. The van der Waals surface area contributed by atoms with E-state index in [0.717, 1.165) is 12.8 Å². The van der Waals surface area contributed by atoms with Crippen LogP contribution in [0.1, 0.15) is 40.0 Å². The fourth-order valence-corrected chi connectivity index (χ4v) is 1.08. The van der Waals surface area contributed by atoms with Crippen molar-refractivity contribution in [3.63, 3.8) is 0 Å². The smallest absolute Gasteiger partial charge is 0.334 e. The number of carbonyl (C=O) groups is 1. The quantitative estimate of drug-likeness (QED) is 0.528. The van der Waals surface area contributed by atoms with E-state index in [1.54, 1.807) is 6.92 Å². The second-order valence-electron chi connectivity index (χ2n) is 3.40. The predicted molar refractivity (Wildman–Crippen MR) is 56.4 cm³/mol. The zero-order chi connectivity index (χ0) is 11.8. The minimum atomic E-state index is -1.23. The van der Waals surface area contributed by atoms with Gasteiger partial charge >= 0.3 is 5.97 Å². The second kappa shape index (κ2) is 7.40. The van der Waals surface area contributed by atoms with Crippen molar-refractivity contribution >= 4 is 5.97 Å². The van der Waals surface area contributed by atoms with Gasteiger partial charge in [0, 0.05) is 6.61 Å². The zero-order valence-electron chi connectivity index (χ0n) is 9.55. The predicted octanol–water partition coefficient (Wildman–Crippen LogP) is 2.91. The lowest BCUT2D eigenvalue weighted by atomic mass is 10.1. The summed E-state index contributed by atoms with van der Waals surface area (Å²) >= 11 is 0. The van der Waals surface area contributed by atoms with Crippen LogP contribution >= 0.6 is 0 Å². The van der Waals surface area contributed by atoms with Gasteiger partial charge in [-0.2, -0.15) is 0 Å². The molecular formula is C11H19FO3. The molecule has 0 aromatic rings. The molecule has 1 unspecified atom stereocenters. The largest absolute Gasteiger partial charge is 0.478 e. The maximum absolute atomic E-state index is 13.5. The fourth-order valence-electron chi connectivity index (χ4n) is 1.08. The monoisotopic (exact) mass is 218 g/mol. The highest BCUT2D eigenvalue weighted by Gasteiger charge is 2.18. The van der Waals surface area contributed by atoms with Gasteiger partial charge in [0.25, 0.3) is 0 Å². The number of halogens is 1. The Bertz CT molecular complexity index is 236. The third-order valence-electron chi connectivity index (χ3n) is 2.15. The molecule has 15 heavy (non-hydrogen) atoms. The second-order valence-corrected chi connectivity index (χ2v) is 3.40. The van der Waals surface area contributed by atoms with Crippen molar-refractivity contribution in [1.29, 1.82) is 0 Å². The molecule has 0 fully saturated rings. The number of aliphatic carboxylic acids is 1. The van der Waals surface area contributed by atoms with Crippen molar-refractivity contribution in [3.05, 3.63) is 11.4 Å². The van der Waals surface area contributed by atoms with Gasteiger partial charge in [-0.05, 0) is 19.8 Å². The summed E-state index contributed by atoms with van der Waals surface area (Å²) in [5.41, 5.74) is -0.265. The average molecular weight is 218 g/mol. The molecule has 0 bridgehead atoms.